The Morgan fingerprint density at radius 1 is 1.19 bits per heavy atom. The SMILES string of the molecule is CCN(CC)CC(=O)c1ccc(F)c(F)c1. The van der Waals surface area contributed by atoms with E-state index in [0.717, 1.165) is 25.2 Å². The zero-order valence-electron chi connectivity index (χ0n) is 9.46. The fourth-order valence-corrected chi connectivity index (χ4v) is 1.41. The van der Waals surface area contributed by atoms with E-state index in [-0.39, 0.29) is 17.9 Å². The third kappa shape index (κ3) is 3.10. The molecule has 0 bridgehead atoms. The monoisotopic (exact) mass is 227 g/mol. The molecule has 1 aromatic carbocycles. The van der Waals surface area contributed by atoms with Gasteiger partial charge in [0.1, 0.15) is 0 Å². The summed E-state index contributed by atoms with van der Waals surface area (Å²) in [6, 6.07) is 3.23. The number of Topliss-reactive ketones (excluding diaryl/α,β-unsaturated/α-hetero) is 1. The average Bonchev–Trinajstić information content (AvgIpc) is 2.29. The molecule has 0 aliphatic heterocycles. The molecule has 0 spiro atoms. The van der Waals surface area contributed by atoms with Crippen LogP contribution in [0.4, 0.5) is 8.78 Å². The van der Waals surface area contributed by atoms with E-state index in [1.165, 1.54) is 6.07 Å². The first-order valence-corrected chi connectivity index (χ1v) is 5.29. The number of benzene rings is 1. The number of rotatable bonds is 5. The van der Waals surface area contributed by atoms with Crippen molar-refractivity contribution in [2.75, 3.05) is 19.6 Å². The van der Waals surface area contributed by atoms with E-state index < -0.39 is 11.6 Å². The molecule has 1 rings (SSSR count). The predicted octanol–water partition coefficient (Wildman–Crippen LogP) is 2.49. The Kier molecular flexibility index (Phi) is 4.55. The molecule has 0 amide bonds. The van der Waals surface area contributed by atoms with Crippen molar-refractivity contribution in [3.63, 3.8) is 0 Å². The molecule has 0 aliphatic carbocycles. The van der Waals surface area contributed by atoms with Gasteiger partial charge in [0, 0.05) is 5.56 Å². The highest BCUT2D eigenvalue weighted by atomic mass is 19.2. The van der Waals surface area contributed by atoms with Gasteiger partial charge in [0.05, 0.1) is 6.54 Å². The van der Waals surface area contributed by atoms with Crippen LogP contribution in [0, 0.1) is 11.6 Å². The second-order valence-electron chi connectivity index (χ2n) is 3.51. The van der Waals surface area contributed by atoms with Crippen molar-refractivity contribution < 1.29 is 13.6 Å². The van der Waals surface area contributed by atoms with Crippen LogP contribution in [0.2, 0.25) is 0 Å². The molecule has 0 aliphatic rings. The summed E-state index contributed by atoms with van der Waals surface area (Å²) in [6.07, 6.45) is 0. The molecule has 4 heteroatoms. The Morgan fingerprint density at radius 3 is 2.31 bits per heavy atom. The highest BCUT2D eigenvalue weighted by Crippen LogP contribution is 2.09. The maximum atomic E-state index is 12.9. The zero-order valence-corrected chi connectivity index (χ0v) is 9.46. The van der Waals surface area contributed by atoms with Crippen molar-refractivity contribution in [2.24, 2.45) is 0 Å². The highest BCUT2D eigenvalue weighted by molar-refractivity contribution is 5.97. The molecule has 16 heavy (non-hydrogen) atoms. The van der Waals surface area contributed by atoms with Crippen molar-refractivity contribution in [1.82, 2.24) is 4.90 Å². The van der Waals surface area contributed by atoms with Crippen molar-refractivity contribution in [2.45, 2.75) is 13.8 Å². The number of hydrogen-bond acceptors (Lipinski definition) is 2. The summed E-state index contributed by atoms with van der Waals surface area (Å²) in [6.45, 7) is 5.64. The molecular weight excluding hydrogens is 212 g/mol. The van der Waals surface area contributed by atoms with Gasteiger partial charge < -0.3 is 0 Å². The van der Waals surface area contributed by atoms with Gasteiger partial charge in [0.25, 0.3) is 0 Å². The lowest BCUT2D eigenvalue weighted by atomic mass is 10.1. The molecule has 0 N–H and O–H groups in total. The van der Waals surface area contributed by atoms with Gasteiger partial charge in [-0.25, -0.2) is 8.78 Å². The van der Waals surface area contributed by atoms with Gasteiger partial charge in [0.2, 0.25) is 0 Å². The summed E-state index contributed by atoms with van der Waals surface area (Å²) >= 11 is 0. The van der Waals surface area contributed by atoms with E-state index in [4.69, 9.17) is 0 Å². The summed E-state index contributed by atoms with van der Waals surface area (Å²) in [5.74, 6) is -2.10. The number of carbonyl (C=O) groups is 1. The van der Waals surface area contributed by atoms with Crippen LogP contribution in [-0.2, 0) is 0 Å². The number of hydrogen-bond donors (Lipinski definition) is 0. The lowest BCUT2D eigenvalue weighted by molar-refractivity contribution is 0.0937. The Labute approximate surface area is 93.9 Å². The van der Waals surface area contributed by atoms with Gasteiger partial charge in [-0.3, -0.25) is 9.69 Å². The number of likely N-dealkylation sites (N-methyl/N-ethyl adjacent to an activating group) is 1. The molecular formula is C12H15F2NO. The van der Waals surface area contributed by atoms with Crippen LogP contribution in [0.1, 0.15) is 24.2 Å². The molecule has 0 atom stereocenters. The Balaban J connectivity index is 2.76. The van der Waals surface area contributed by atoms with Crippen LogP contribution >= 0.6 is 0 Å². The minimum Gasteiger partial charge on any atom is -0.296 e. The topological polar surface area (TPSA) is 20.3 Å². The Hall–Kier alpha value is -1.29. The largest absolute Gasteiger partial charge is 0.296 e. The Bertz CT molecular complexity index is 375. The Morgan fingerprint density at radius 2 is 1.81 bits per heavy atom. The molecule has 1 aromatic rings. The van der Waals surface area contributed by atoms with Crippen LogP contribution in [0.15, 0.2) is 18.2 Å². The van der Waals surface area contributed by atoms with Crippen molar-refractivity contribution in [1.29, 1.82) is 0 Å². The molecule has 88 valence electrons. The first kappa shape index (κ1) is 12.8. The van der Waals surface area contributed by atoms with Crippen LogP contribution in [0.3, 0.4) is 0 Å². The number of ketones is 1. The second kappa shape index (κ2) is 5.70. The van der Waals surface area contributed by atoms with E-state index in [1.807, 2.05) is 18.7 Å². The quantitative estimate of drug-likeness (QED) is 0.720. The molecule has 0 saturated carbocycles. The van der Waals surface area contributed by atoms with E-state index in [2.05, 4.69) is 0 Å². The van der Waals surface area contributed by atoms with Gasteiger partial charge in [-0.2, -0.15) is 0 Å². The fourth-order valence-electron chi connectivity index (χ4n) is 1.41. The smallest absolute Gasteiger partial charge is 0.176 e. The van der Waals surface area contributed by atoms with Gasteiger partial charge in [0.15, 0.2) is 17.4 Å². The maximum Gasteiger partial charge on any atom is 0.176 e. The standard InChI is InChI=1S/C12H15F2NO/c1-3-15(4-2)8-12(16)9-5-6-10(13)11(14)7-9/h5-7H,3-4,8H2,1-2H3. The molecule has 0 unspecified atom stereocenters. The first-order valence-electron chi connectivity index (χ1n) is 5.29. The summed E-state index contributed by atoms with van der Waals surface area (Å²) in [5, 5.41) is 0. The molecule has 0 aromatic heterocycles. The summed E-state index contributed by atoms with van der Waals surface area (Å²) in [7, 11) is 0. The number of nitrogens with zero attached hydrogens (tertiary/aromatic N) is 1. The van der Waals surface area contributed by atoms with E-state index in [9.17, 15) is 13.6 Å². The van der Waals surface area contributed by atoms with Crippen LogP contribution in [-0.4, -0.2) is 30.3 Å². The van der Waals surface area contributed by atoms with Gasteiger partial charge >= 0.3 is 0 Å². The summed E-state index contributed by atoms with van der Waals surface area (Å²) in [5.41, 5.74) is 0.214. The minimum absolute atomic E-state index is 0.192. The van der Waals surface area contributed by atoms with E-state index in [1.54, 1.807) is 0 Å². The van der Waals surface area contributed by atoms with Gasteiger partial charge in [-0.1, -0.05) is 13.8 Å². The van der Waals surface area contributed by atoms with E-state index >= 15 is 0 Å². The molecule has 0 heterocycles. The van der Waals surface area contributed by atoms with Crippen LogP contribution in [0.25, 0.3) is 0 Å². The minimum atomic E-state index is -0.981. The van der Waals surface area contributed by atoms with Gasteiger partial charge in [-0.15, -0.1) is 0 Å². The summed E-state index contributed by atoms with van der Waals surface area (Å²) in [4.78, 5) is 13.6. The molecule has 0 radical (unpaired) electrons. The van der Waals surface area contributed by atoms with Crippen molar-refractivity contribution >= 4 is 5.78 Å². The van der Waals surface area contributed by atoms with Crippen LogP contribution in [0.5, 0.6) is 0 Å². The van der Waals surface area contributed by atoms with Crippen molar-refractivity contribution in [3.8, 4) is 0 Å². The third-order valence-corrected chi connectivity index (χ3v) is 2.50. The van der Waals surface area contributed by atoms with Crippen molar-refractivity contribution in [3.05, 3.63) is 35.4 Å². The lowest BCUT2D eigenvalue weighted by Gasteiger charge is -2.16. The normalized spacial score (nSPS) is 10.8. The fraction of sp³-hybridized carbons (Fsp3) is 0.417. The zero-order chi connectivity index (χ0) is 12.1. The van der Waals surface area contributed by atoms with E-state index in [0.29, 0.717) is 0 Å². The molecule has 0 fully saturated rings. The van der Waals surface area contributed by atoms with Gasteiger partial charge in [-0.05, 0) is 31.3 Å². The molecule has 0 saturated heterocycles. The predicted molar refractivity (Wildman–Crippen MR) is 58.5 cm³/mol. The second-order valence-corrected chi connectivity index (χ2v) is 3.51. The first-order chi connectivity index (χ1) is 7.58. The highest BCUT2D eigenvalue weighted by Gasteiger charge is 2.12. The number of carbonyl (C=O) groups excluding carboxylic acids is 1. The molecule has 2 nitrogen and oxygen atoms in total. The lowest BCUT2D eigenvalue weighted by Crippen LogP contribution is -2.29. The van der Waals surface area contributed by atoms with Crippen LogP contribution < -0.4 is 0 Å². The summed E-state index contributed by atoms with van der Waals surface area (Å²) < 4.78 is 25.6. The maximum absolute atomic E-state index is 12.9. The number of halogens is 2. The average molecular weight is 227 g/mol. The third-order valence-electron chi connectivity index (χ3n) is 2.50.